The van der Waals surface area contributed by atoms with Crippen molar-refractivity contribution in [2.75, 3.05) is 26.2 Å². The molecule has 2 rings (SSSR count). The molecular weight excluding hydrogens is 260 g/mol. The number of hydrogen-bond donors (Lipinski definition) is 1. The van der Waals surface area contributed by atoms with Crippen molar-refractivity contribution in [2.45, 2.75) is 0 Å². The van der Waals surface area contributed by atoms with Gasteiger partial charge in [0.1, 0.15) is 5.75 Å². The molecule has 0 aromatic heterocycles. The number of benzene rings is 1. The van der Waals surface area contributed by atoms with Gasteiger partial charge in [0.05, 0.1) is 0 Å². The fourth-order valence-electron chi connectivity index (χ4n) is 1.67. The second-order valence-electron chi connectivity index (χ2n) is 4.16. The smallest absolute Gasteiger partial charge is 0.349 e. The van der Waals surface area contributed by atoms with E-state index in [1.54, 1.807) is 29.3 Å². The number of carbonyl (C=O) groups excluding carboxylic acids is 2. The molecule has 0 unspecified atom stereocenters. The number of esters is 1. The molecule has 0 bridgehead atoms. The number of ether oxygens (including phenoxy) is 1. The summed E-state index contributed by atoms with van der Waals surface area (Å²) in [5.74, 6) is -0.775. The molecule has 0 saturated carbocycles. The number of carbonyl (C=O) groups is 2. The maximum atomic E-state index is 11.5. The van der Waals surface area contributed by atoms with Crippen LogP contribution in [0.4, 0.5) is 0 Å². The van der Waals surface area contributed by atoms with E-state index in [0.29, 0.717) is 18.8 Å². The molecule has 20 heavy (non-hydrogen) atoms. The minimum absolute atomic E-state index is 0.428. The summed E-state index contributed by atoms with van der Waals surface area (Å²) in [5.41, 5.74) is 0. The third kappa shape index (κ3) is 4.83. The third-order valence-electron chi connectivity index (χ3n) is 2.61. The van der Waals surface area contributed by atoms with Gasteiger partial charge < -0.3 is 14.9 Å². The van der Waals surface area contributed by atoms with Crippen LogP contribution in [0.2, 0.25) is 0 Å². The molecule has 1 aliphatic rings. The molecule has 1 aromatic carbocycles. The Bertz CT molecular complexity index is 481. The van der Waals surface area contributed by atoms with Gasteiger partial charge in [-0.2, -0.15) is 0 Å². The van der Waals surface area contributed by atoms with Crippen LogP contribution in [0.1, 0.15) is 0 Å². The molecule has 106 valence electrons. The molecule has 1 aliphatic heterocycles. The van der Waals surface area contributed by atoms with Gasteiger partial charge in [-0.15, -0.1) is 5.06 Å². The van der Waals surface area contributed by atoms with Gasteiger partial charge in [-0.25, -0.2) is 9.59 Å². The minimum Gasteiger partial charge on any atom is -0.423 e. The third-order valence-corrected chi connectivity index (χ3v) is 2.61. The number of hydrogen-bond acceptors (Lipinski definition) is 6. The fourth-order valence-corrected chi connectivity index (χ4v) is 1.67. The molecule has 0 spiro atoms. The average molecular weight is 276 g/mol. The number of para-hydroxylation sites is 1. The molecule has 1 aromatic rings. The highest BCUT2D eigenvalue weighted by molar-refractivity contribution is 5.92. The van der Waals surface area contributed by atoms with Crippen LogP contribution in [0.25, 0.3) is 0 Å². The molecule has 0 amide bonds. The van der Waals surface area contributed by atoms with Gasteiger partial charge in [0.2, 0.25) is 0 Å². The molecule has 1 N–H and O–H groups in total. The van der Waals surface area contributed by atoms with Crippen LogP contribution < -0.4 is 10.1 Å². The molecule has 6 nitrogen and oxygen atoms in total. The largest absolute Gasteiger partial charge is 0.423 e. The lowest BCUT2D eigenvalue weighted by Crippen LogP contribution is -2.44. The van der Waals surface area contributed by atoms with Crippen molar-refractivity contribution < 1.29 is 19.2 Å². The zero-order chi connectivity index (χ0) is 14.2. The van der Waals surface area contributed by atoms with Crippen LogP contribution in [0.15, 0.2) is 42.5 Å². The quantitative estimate of drug-likeness (QED) is 0.491. The van der Waals surface area contributed by atoms with E-state index in [0.717, 1.165) is 25.2 Å². The molecule has 6 heteroatoms. The number of nitrogens with zero attached hydrogens (tertiary/aromatic N) is 1. The lowest BCUT2D eigenvalue weighted by molar-refractivity contribution is -0.186. The van der Waals surface area contributed by atoms with Crippen molar-refractivity contribution in [2.24, 2.45) is 0 Å². The fraction of sp³-hybridized carbons (Fsp3) is 0.286. The summed E-state index contributed by atoms with van der Waals surface area (Å²) in [6.45, 7) is 2.81. The Labute approximate surface area is 116 Å². The van der Waals surface area contributed by atoms with E-state index in [2.05, 4.69) is 5.32 Å². The van der Waals surface area contributed by atoms with Gasteiger partial charge in [-0.05, 0) is 12.1 Å². The second-order valence-corrected chi connectivity index (χ2v) is 4.16. The van der Waals surface area contributed by atoms with Crippen molar-refractivity contribution in [1.82, 2.24) is 10.4 Å². The molecule has 0 radical (unpaired) electrons. The van der Waals surface area contributed by atoms with Crippen molar-refractivity contribution >= 4 is 11.9 Å². The lowest BCUT2D eigenvalue weighted by atomic mass is 10.3. The first kappa shape index (κ1) is 14.2. The summed E-state index contributed by atoms with van der Waals surface area (Å²) in [4.78, 5) is 28.0. The molecule has 1 fully saturated rings. The number of rotatable bonds is 4. The zero-order valence-electron chi connectivity index (χ0n) is 11.0. The van der Waals surface area contributed by atoms with Crippen molar-refractivity contribution in [1.29, 1.82) is 0 Å². The van der Waals surface area contributed by atoms with Crippen molar-refractivity contribution in [3.63, 3.8) is 0 Å². The van der Waals surface area contributed by atoms with E-state index in [9.17, 15) is 9.59 Å². The topological polar surface area (TPSA) is 67.9 Å². The highest BCUT2D eigenvalue weighted by Crippen LogP contribution is 2.08. The SMILES string of the molecule is O=C(/C=C\C(=O)ON1CCNCC1)Oc1ccccc1. The molecule has 1 heterocycles. The summed E-state index contributed by atoms with van der Waals surface area (Å²) in [7, 11) is 0. The first-order chi connectivity index (χ1) is 9.74. The van der Waals surface area contributed by atoms with E-state index in [4.69, 9.17) is 9.57 Å². The van der Waals surface area contributed by atoms with Crippen molar-refractivity contribution in [3.05, 3.63) is 42.5 Å². The predicted molar refractivity (Wildman–Crippen MR) is 71.8 cm³/mol. The number of hydroxylamine groups is 2. The van der Waals surface area contributed by atoms with Crippen molar-refractivity contribution in [3.8, 4) is 5.75 Å². The highest BCUT2D eigenvalue weighted by atomic mass is 16.7. The normalized spacial score (nSPS) is 16.0. The maximum Gasteiger partial charge on any atom is 0.349 e. The second kappa shape index (κ2) is 7.42. The molecule has 0 aliphatic carbocycles. The Morgan fingerprint density at radius 3 is 2.40 bits per heavy atom. The molecule has 1 saturated heterocycles. The summed E-state index contributed by atoms with van der Waals surface area (Å²) < 4.78 is 5.00. The minimum atomic E-state index is -0.617. The van der Waals surface area contributed by atoms with Crippen LogP contribution in [0, 0.1) is 0 Å². The van der Waals surface area contributed by atoms with Gasteiger partial charge in [0.25, 0.3) is 0 Å². The Morgan fingerprint density at radius 2 is 1.70 bits per heavy atom. The van der Waals surface area contributed by atoms with Crippen LogP contribution in [0.5, 0.6) is 5.75 Å². The van der Waals surface area contributed by atoms with Crippen LogP contribution in [-0.2, 0) is 14.4 Å². The monoisotopic (exact) mass is 276 g/mol. The summed E-state index contributed by atoms with van der Waals surface area (Å²) >= 11 is 0. The van der Waals surface area contributed by atoms with E-state index in [-0.39, 0.29) is 0 Å². The van der Waals surface area contributed by atoms with E-state index >= 15 is 0 Å². The van der Waals surface area contributed by atoms with E-state index < -0.39 is 11.9 Å². The summed E-state index contributed by atoms with van der Waals surface area (Å²) in [6, 6.07) is 8.64. The van der Waals surface area contributed by atoms with Gasteiger partial charge >= 0.3 is 11.9 Å². The van der Waals surface area contributed by atoms with Gasteiger partial charge in [0.15, 0.2) is 0 Å². The number of piperazine rings is 1. The average Bonchev–Trinajstić information content (AvgIpc) is 2.47. The number of nitrogens with one attached hydrogen (secondary N) is 1. The molecular formula is C14H16N2O4. The highest BCUT2D eigenvalue weighted by Gasteiger charge is 2.13. The zero-order valence-corrected chi connectivity index (χ0v) is 11.0. The van der Waals surface area contributed by atoms with E-state index in [1.165, 1.54) is 0 Å². The Hall–Kier alpha value is -2.18. The lowest BCUT2D eigenvalue weighted by Gasteiger charge is -2.24. The van der Waals surface area contributed by atoms with E-state index in [1.807, 2.05) is 6.07 Å². The van der Waals surface area contributed by atoms with Gasteiger partial charge in [-0.3, -0.25) is 0 Å². The van der Waals surface area contributed by atoms with Gasteiger partial charge in [0, 0.05) is 38.3 Å². The summed E-state index contributed by atoms with van der Waals surface area (Å²) in [6.07, 6.45) is 2.12. The standard InChI is InChI=1S/C14H16N2O4/c17-13(19-12-4-2-1-3-5-12)6-7-14(18)20-16-10-8-15-9-11-16/h1-7,15H,8-11H2/b7-6-. The Morgan fingerprint density at radius 1 is 1.05 bits per heavy atom. The Kier molecular flexibility index (Phi) is 5.28. The van der Waals surface area contributed by atoms with Crippen LogP contribution in [0.3, 0.4) is 0 Å². The predicted octanol–water partition coefficient (Wildman–Crippen LogP) is 0.512. The molecule has 0 atom stereocenters. The van der Waals surface area contributed by atoms with Crippen LogP contribution in [-0.4, -0.2) is 43.2 Å². The first-order valence-electron chi connectivity index (χ1n) is 6.36. The summed E-state index contributed by atoms with van der Waals surface area (Å²) in [5, 5.41) is 4.70. The van der Waals surface area contributed by atoms with Crippen LogP contribution >= 0.6 is 0 Å². The maximum absolute atomic E-state index is 11.5. The first-order valence-corrected chi connectivity index (χ1v) is 6.36. The van der Waals surface area contributed by atoms with Gasteiger partial charge in [-0.1, -0.05) is 18.2 Å². The Balaban J connectivity index is 1.76.